The van der Waals surface area contributed by atoms with Gasteiger partial charge in [0.05, 0.1) is 5.56 Å². The molecule has 0 heterocycles. The van der Waals surface area contributed by atoms with E-state index in [1.54, 1.807) is 6.92 Å². The third kappa shape index (κ3) is 3.65. The van der Waals surface area contributed by atoms with Crippen LogP contribution in [0.1, 0.15) is 25.3 Å². The summed E-state index contributed by atoms with van der Waals surface area (Å²) in [5.74, 6) is -1.72. The molecule has 0 saturated heterocycles. The average Bonchev–Trinajstić information content (AvgIpc) is 2.27. The molecular formula is C12H13F3O3. The van der Waals surface area contributed by atoms with Crippen molar-refractivity contribution in [2.75, 3.05) is 0 Å². The number of aliphatic carboxylic acids is 1. The van der Waals surface area contributed by atoms with Crippen molar-refractivity contribution in [2.24, 2.45) is 0 Å². The van der Waals surface area contributed by atoms with E-state index in [9.17, 15) is 18.0 Å². The molecule has 1 aromatic rings. The summed E-state index contributed by atoms with van der Waals surface area (Å²) in [6.45, 7) is 1.73. The maximum atomic E-state index is 12.7. The van der Waals surface area contributed by atoms with Crippen molar-refractivity contribution in [2.45, 2.75) is 32.0 Å². The van der Waals surface area contributed by atoms with Crippen LogP contribution in [0, 0.1) is 0 Å². The highest BCUT2D eigenvalue weighted by atomic mass is 19.4. The topological polar surface area (TPSA) is 46.5 Å². The van der Waals surface area contributed by atoms with Gasteiger partial charge >= 0.3 is 12.1 Å². The molecule has 1 rings (SSSR count). The monoisotopic (exact) mass is 262 g/mol. The highest BCUT2D eigenvalue weighted by Crippen LogP contribution is 2.36. The molecule has 1 N–H and O–H groups in total. The summed E-state index contributed by atoms with van der Waals surface area (Å²) in [4.78, 5) is 10.8. The van der Waals surface area contributed by atoms with E-state index in [-0.39, 0.29) is 6.42 Å². The molecule has 0 aliphatic rings. The second kappa shape index (κ2) is 5.75. The van der Waals surface area contributed by atoms with Crippen molar-refractivity contribution >= 4 is 5.97 Å². The number of hydrogen-bond donors (Lipinski definition) is 1. The lowest BCUT2D eigenvalue weighted by molar-refractivity contribution is -0.148. The van der Waals surface area contributed by atoms with Gasteiger partial charge in [0, 0.05) is 0 Å². The molecule has 0 bridgehead atoms. The first-order valence-corrected chi connectivity index (χ1v) is 5.42. The Labute approximate surface area is 102 Å². The van der Waals surface area contributed by atoms with E-state index in [1.807, 2.05) is 0 Å². The first kappa shape index (κ1) is 14.3. The second-order valence-corrected chi connectivity index (χ2v) is 3.73. The smallest absolute Gasteiger partial charge is 0.419 e. The standard InChI is InChI=1S/C12H13F3O3/c1-2-5-10(11(16)17)18-9-7-4-3-6-8(9)12(13,14)15/h3-4,6-7,10H,2,5H2,1H3,(H,16,17). The van der Waals surface area contributed by atoms with E-state index in [0.717, 1.165) is 12.1 Å². The van der Waals surface area contributed by atoms with Gasteiger partial charge in [0.15, 0.2) is 6.10 Å². The Kier molecular flexibility index (Phi) is 4.58. The number of para-hydroxylation sites is 1. The van der Waals surface area contributed by atoms with Crippen LogP contribution >= 0.6 is 0 Å². The number of carboxylic acid groups (broad SMARTS) is 1. The molecule has 0 aliphatic carbocycles. The highest BCUT2D eigenvalue weighted by molar-refractivity contribution is 5.72. The van der Waals surface area contributed by atoms with Gasteiger partial charge in [0.1, 0.15) is 5.75 Å². The minimum Gasteiger partial charge on any atom is -0.479 e. The van der Waals surface area contributed by atoms with Crippen molar-refractivity contribution < 1.29 is 27.8 Å². The summed E-state index contributed by atoms with van der Waals surface area (Å²) in [5.41, 5.74) is -0.965. The van der Waals surface area contributed by atoms with Gasteiger partial charge in [-0.05, 0) is 18.6 Å². The number of ether oxygens (including phenoxy) is 1. The molecule has 0 aromatic heterocycles. The predicted molar refractivity (Wildman–Crippen MR) is 58.4 cm³/mol. The number of hydrogen-bond acceptors (Lipinski definition) is 2. The number of carbonyl (C=O) groups is 1. The molecule has 100 valence electrons. The number of carboxylic acids is 1. The van der Waals surface area contributed by atoms with Crippen LogP contribution in [-0.4, -0.2) is 17.2 Å². The lowest BCUT2D eigenvalue weighted by Gasteiger charge is -2.18. The van der Waals surface area contributed by atoms with E-state index >= 15 is 0 Å². The average molecular weight is 262 g/mol. The van der Waals surface area contributed by atoms with Crippen LogP contribution in [0.3, 0.4) is 0 Å². The van der Waals surface area contributed by atoms with E-state index in [0.29, 0.717) is 6.42 Å². The molecule has 6 heteroatoms. The Morgan fingerprint density at radius 3 is 2.50 bits per heavy atom. The molecule has 0 saturated carbocycles. The molecule has 0 spiro atoms. The molecule has 0 fully saturated rings. The summed E-state index contributed by atoms with van der Waals surface area (Å²) in [5, 5.41) is 8.85. The summed E-state index contributed by atoms with van der Waals surface area (Å²) in [6, 6.07) is 4.58. The molecule has 0 aliphatic heterocycles. The molecule has 1 unspecified atom stereocenters. The molecule has 1 aromatic carbocycles. The zero-order chi connectivity index (χ0) is 13.8. The third-order valence-corrected chi connectivity index (χ3v) is 2.29. The van der Waals surface area contributed by atoms with Gasteiger partial charge in [-0.2, -0.15) is 13.2 Å². The maximum Gasteiger partial charge on any atom is 0.419 e. The SMILES string of the molecule is CCCC(Oc1ccccc1C(F)(F)F)C(=O)O. The fourth-order valence-electron chi connectivity index (χ4n) is 1.45. The van der Waals surface area contributed by atoms with E-state index in [1.165, 1.54) is 12.1 Å². The van der Waals surface area contributed by atoms with Crippen LogP contribution in [-0.2, 0) is 11.0 Å². The molecule has 0 amide bonds. The van der Waals surface area contributed by atoms with Crippen molar-refractivity contribution in [3.63, 3.8) is 0 Å². The Morgan fingerprint density at radius 1 is 1.39 bits per heavy atom. The van der Waals surface area contributed by atoms with Crippen LogP contribution in [0.2, 0.25) is 0 Å². The van der Waals surface area contributed by atoms with Crippen LogP contribution < -0.4 is 4.74 Å². The predicted octanol–water partition coefficient (Wildman–Crippen LogP) is 3.34. The Morgan fingerprint density at radius 2 is 2.00 bits per heavy atom. The van der Waals surface area contributed by atoms with Gasteiger partial charge in [-0.3, -0.25) is 0 Å². The number of halogens is 3. The van der Waals surface area contributed by atoms with Crippen molar-refractivity contribution in [1.29, 1.82) is 0 Å². The minimum atomic E-state index is -4.56. The number of benzene rings is 1. The van der Waals surface area contributed by atoms with E-state index in [4.69, 9.17) is 9.84 Å². The van der Waals surface area contributed by atoms with Gasteiger partial charge in [-0.25, -0.2) is 4.79 Å². The Balaban J connectivity index is 2.99. The Hall–Kier alpha value is -1.72. The summed E-state index contributed by atoms with van der Waals surface area (Å²) >= 11 is 0. The van der Waals surface area contributed by atoms with Gasteiger partial charge in [0.25, 0.3) is 0 Å². The van der Waals surface area contributed by atoms with Crippen LogP contribution in [0.25, 0.3) is 0 Å². The second-order valence-electron chi connectivity index (χ2n) is 3.73. The normalized spacial score (nSPS) is 13.1. The van der Waals surface area contributed by atoms with Gasteiger partial charge < -0.3 is 9.84 Å². The maximum absolute atomic E-state index is 12.7. The fraction of sp³-hybridized carbons (Fsp3) is 0.417. The van der Waals surface area contributed by atoms with Crippen molar-refractivity contribution in [3.05, 3.63) is 29.8 Å². The van der Waals surface area contributed by atoms with Gasteiger partial charge in [0.2, 0.25) is 0 Å². The first-order chi connectivity index (χ1) is 8.36. The number of alkyl halides is 3. The quantitative estimate of drug-likeness (QED) is 0.885. The molecular weight excluding hydrogens is 249 g/mol. The van der Waals surface area contributed by atoms with Gasteiger partial charge in [-0.1, -0.05) is 25.5 Å². The largest absolute Gasteiger partial charge is 0.479 e. The first-order valence-electron chi connectivity index (χ1n) is 5.42. The van der Waals surface area contributed by atoms with Crippen molar-refractivity contribution in [1.82, 2.24) is 0 Å². The molecule has 0 radical (unpaired) electrons. The minimum absolute atomic E-state index is 0.154. The van der Waals surface area contributed by atoms with Crippen molar-refractivity contribution in [3.8, 4) is 5.75 Å². The zero-order valence-electron chi connectivity index (χ0n) is 9.70. The Bertz CT molecular complexity index is 415. The lowest BCUT2D eigenvalue weighted by Crippen LogP contribution is -2.27. The van der Waals surface area contributed by atoms with Crippen LogP contribution in [0.15, 0.2) is 24.3 Å². The van der Waals surface area contributed by atoms with Gasteiger partial charge in [-0.15, -0.1) is 0 Å². The third-order valence-electron chi connectivity index (χ3n) is 2.29. The van der Waals surface area contributed by atoms with E-state index in [2.05, 4.69) is 0 Å². The summed E-state index contributed by atoms with van der Waals surface area (Å²) in [6.07, 6.45) is -5.17. The number of rotatable bonds is 5. The zero-order valence-corrected chi connectivity index (χ0v) is 9.70. The fourth-order valence-corrected chi connectivity index (χ4v) is 1.45. The van der Waals surface area contributed by atoms with Crippen LogP contribution in [0.5, 0.6) is 5.75 Å². The molecule has 3 nitrogen and oxygen atoms in total. The molecule has 1 atom stereocenters. The van der Waals surface area contributed by atoms with Crippen LogP contribution in [0.4, 0.5) is 13.2 Å². The summed E-state index contributed by atoms with van der Waals surface area (Å²) < 4.78 is 42.9. The summed E-state index contributed by atoms with van der Waals surface area (Å²) in [7, 11) is 0. The highest BCUT2D eigenvalue weighted by Gasteiger charge is 2.35. The molecule has 18 heavy (non-hydrogen) atoms. The van der Waals surface area contributed by atoms with E-state index < -0.39 is 29.6 Å². The lowest BCUT2D eigenvalue weighted by atomic mass is 10.1.